The van der Waals surface area contributed by atoms with Crippen LogP contribution in [0.2, 0.25) is 0 Å². The molecule has 0 unspecified atom stereocenters. The Bertz CT molecular complexity index is 403. The Labute approximate surface area is 105 Å². The quantitative estimate of drug-likeness (QED) is 0.543. The van der Waals surface area contributed by atoms with Gasteiger partial charge >= 0.3 is 5.97 Å². The Morgan fingerprint density at radius 1 is 1.50 bits per heavy atom. The summed E-state index contributed by atoms with van der Waals surface area (Å²) in [6.45, 7) is 4.35. The summed E-state index contributed by atoms with van der Waals surface area (Å²) in [4.78, 5) is 22.4. The number of aryl methyl sites for hydroxylation is 1. The summed E-state index contributed by atoms with van der Waals surface area (Å²) in [5.41, 5.74) is 0. The zero-order chi connectivity index (χ0) is 13.4. The number of nitrogens with one attached hydrogen (secondary N) is 2. The first-order valence-electron chi connectivity index (χ1n) is 5.71. The van der Waals surface area contributed by atoms with Gasteiger partial charge in [0, 0.05) is 12.6 Å². The highest BCUT2D eigenvalue weighted by Crippen LogP contribution is 2.06. The van der Waals surface area contributed by atoms with Crippen molar-refractivity contribution in [1.82, 2.24) is 10.5 Å². The zero-order valence-electron chi connectivity index (χ0n) is 10.5. The minimum absolute atomic E-state index is 0.102. The Morgan fingerprint density at radius 3 is 2.89 bits per heavy atom. The van der Waals surface area contributed by atoms with Crippen molar-refractivity contribution in [3.05, 3.63) is 11.8 Å². The van der Waals surface area contributed by atoms with Gasteiger partial charge in [0.05, 0.1) is 19.6 Å². The molecule has 0 saturated carbocycles. The van der Waals surface area contributed by atoms with E-state index in [0.29, 0.717) is 24.7 Å². The average Bonchev–Trinajstić information content (AvgIpc) is 2.70. The van der Waals surface area contributed by atoms with E-state index in [1.165, 1.54) is 0 Å². The molecular weight excluding hydrogens is 238 g/mol. The van der Waals surface area contributed by atoms with Gasteiger partial charge in [-0.05, 0) is 13.8 Å². The maximum absolute atomic E-state index is 11.4. The van der Waals surface area contributed by atoms with Crippen LogP contribution in [-0.2, 0) is 14.3 Å². The lowest BCUT2D eigenvalue weighted by atomic mass is 10.4. The topological polar surface area (TPSA) is 93.5 Å². The van der Waals surface area contributed by atoms with E-state index in [1.54, 1.807) is 19.9 Å². The van der Waals surface area contributed by atoms with Crippen LogP contribution >= 0.6 is 0 Å². The van der Waals surface area contributed by atoms with Crippen LogP contribution in [0.25, 0.3) is 0 Å². The molecule has 0 radical (unpaired) electrons. The molecule has 0 spiro atoms. The van der Waals surface area contributed by atoms with Gasteiger partial charge in [-0.1, -0.05) is 5.16 Å². The van der Waals surface area contributed by atoms with Crippen LogP contribution in [0.5, 0.6) is 0 Å². The highest BCUT2D eigenvalue weighted by molar-refractivity contribution is 5.91. The number of rotatable bonds is 7. The fraction of sp³-hybridized carbons (Fsp3) is 0.545. The zero-order valence-corrected chi connectivity index (χ0v) is 10.5. The van der Waals surface area contributed by atoms with Crippen molar-refractivity contribution >= 4 is 17.7 Å². The van der Waals surface area contributed by atoms with Crippen molar-refractivity contribution in [2.24, 2.45) is 0 Å². The van der Waals surface area contributed by atoms with Crippen molar-refractivity contribution in [2.75, 3.05) is 25.0 Å². The lowest BCUT2D eigenvalue weighted by molar-refractivity contribution is -0.143. The second kappa shape index (κ2) is 7.44. The molecule has 0 aliphatic carbocycles. The van der Waals surface area contributed by atoms with E-state index >= 15 is 0 Å². The van der Waals surface area contributed by atoms with Crippen LogP contribution in [-0.4, -0.2) is 36.7 Å². The molecule has 18 heavy (non-hydrogen) atoms. The predicted octanol–water partition coefficient (Wildman–Crippen LogP) is 0.464. The van der Waals surface area contributed by atoms with Crippen LogP contribution in [0.1, 0.15) is 19.1 Å². The highest BCUT2D eigenvalue weighted by Gasteiger charge is 2.06. The van der Waals surface area contributed by atoms with E-state index in [-0.39, 0.29) is 24.8 Å². The van der Waals surface area contributed by atoms with Gasteiger partial charge in [-0.25, -0.2) is 0 Å². The van der Waals surface area contributed by atoms with Crippen LogP contribution in [0.3, 0.4) is 0 Å². The minimum atomic E-state index is -0.280. The molecule has 1 amide bonds. The molecule has 0 atom stereocenters. The lowest BCUT2D eigenvalue weighted by Crippen LogP contribution is -2.30. The molecule has 1 heterocycles. The Morgan fingerprint density at radius 2 is 2.28 bits per heavy atom. The summed E-state index contributed by atoms with van der Waals surface area (Å²) < 4.78 is 9.55. The third-order valence-electron chi connectivity index (χ3n) is 1.99. The summed E-state index contributed by atoms with van der Waals surface area (Å²) in [7, 11) is 0. The third-order valence-corrected chi connectivity index (χ3v) is 1.99. The summed E-state index contributed by atoms with van der Waals surface area (Å²) >= 11 is 0. The first-order valence-corrected chi connectivity index (χ1v) is 5.71. The van der Waals surface area contributed by atoms with Crippen molar-refractivity contribution in [2.45, 2.75) is 20.3 Å². The summed E-state index contributed by atoms with van der Waals surface area (Å²) in [5.74, 6) is 0.481. The van der Waals surface area contributed by atoms with Gasteiger partial charge in [0.1, 0.15) is 5.76 Å². The van der Waals surface area contributed by atoms with Gasteiger partial charge in [0.15, 0.2) is 5.82 Å². The second-order valence-electron chi connectivity index (χ2n) is 3.60. The van der Waals surface area contributed by atoms with E-state index in [0.717, 1.165) is 0 Å². The maximum atomic E-state index is 11.4. The normalized spacial score (nSPS) is 10.1. The van der Waals surface area contributed by atoms with Crippen LogP contribution in [0.15, 0.2) is 10.6 Å². The molecule has 7 heteroatoms. The highest BCUT2D eigenvalue weighted by atomic mass is 16.5. The van der Waals surface area contributed by atoms with Gasteiger partial charge in [-0.2, -0.15) is 0 Å². The molecule has 1 aromatic heterocycles. The van der Waals surface area contributed by atoms with E-state index < -0.39 is 0 Å². The molecule has 0 aliphatic rings. The summed E-state index contributed by atoms with van der Waals surface area (Å²) in [5, 5.41) is 9.01. The second-order valence-corrected chi connectivity index (χ2v) is 3.60. The Hall–Kier alpha value is -1.89. The van der Waals surface area contributed by atoms with Crippen molar-refractivity contribution in [3.63, 3.8) is 0 Å². The van der Waals surface area contributed by atoms with Crippen molar-refractivity contribution < 1.29 is 18.8 Å². The number of esters is 1. The van der Waals surface area contributed by atoms with Crippen LogP contribution in [0, 0.1) is 6.92 Å². The molecule has 1 rings (SSSR count). The molecule has 1 aromatic rings. The number of aromatic nitrogens is 1. The fourth-order valence-corrected chi connectivity index (χ4v) is 1.24. The number of hydrogen-bond donors (Lipinski definition) is 2. The monoisotopic (exact) mass is 255 g/mol. The molecule has 100 valence electrons. The predicted molar refractivity (Wildman–Crippen MR) is 64.0 cm³/mol. The molecule has 0 saturated heterocycles. The smallest absolute Gasteiger partial charge is 0.307 e. The largest absolute Gasteiger partial charge is 0.466 e. The summed E-state index contributed by atoms with van der Waals surface area (Å²) in [6, 6.07) is 1.62. The number of carbonyl (C=O) groups excluding carboxylic acids is 2. The first-order chi connectivity index (χ1) is 8.61. The number of amides is 1. The maximum Gasteiger partial charge on any atom is 0.307 e. The third kappa shape index (κ3) is 5.44. The van der Waals surface area contributed by atoms with E-state index in [4.69, 9.17) is 9.26 Å². The minimum Gasteiger partial charge on any atom is -0.466 e. The Kier molecular flexibility index (Phi) is 5.86. The molecule has 2 N–H and O–H groups in total. The number of anilines is 1. The average molecular weight is 255 g/mol. The number of nitrogens with zero attached hydrogens (tertiary/aromatic N) is 1. The lowest BCUT2D eigenvalue weighted by Gasteiger charge is -2.04. The van der Waals surface area contributed by atoms with Gasteiger partial charge in [0.25, 0.3) is 0 Å². The van der Waals surface area contributed by atoms with Gasteiger partial charge in [0.2, 0.25) is 5.91 Å². The van der Waals surface area contributed by atoms with Gasteiger partial charge in [-0.3, -0.25) is 9.59 Å². The SMILES string of the molecule is CCOC(=O)CCNCC(=O)Nc1cc(C)on1. The number of carbonyl (C=O) groups is 2. The number of hydrogen-bond acceptors (Lipinski definition) is 6. The molecule has 0 fully saturated rings. The van der Waals surface area contributed by atoms with Crippen molar-refractivity contribution in [1.29, 1.82) is 0 Å². The molecule has 0 aliphatic heterocycles. The first kappa shape index (κ1) is 14.2. The van der Waals surface area contributed by atoms with E-state index in [1.807, 2.05) is 0 Å². The van der Waals surface area contributed by atoms with E-state index in [2.05, 4.69) is 15.8 Å². The van der Waals surface area contributed by atoms with Crippen molar-refractivity contribution in [3.8, 4) is 0 Å². The van der Waals surface area contributed by atoms with Gasteiger partial charge in [-0.15, -0.1) is 0 Å². The van der Waals surface area contributed by atoms with Crippen LogP contribution in [0.4, 0.5) is 5.82 Å². The molecule has 0 bridgehead atoms. The Balaban J connectivity index is 2.12. The molecular formula is C11H17N3O4. The molecule has 7 nitrogen and oxygen atoms in total. The van der Waals surface area contributed by atoms with E-state index in [9.17, 15) is 9.59 Å². The number of ether oxygens (including phenoxy) is 1. The standard InChI is InChI=1S/C11H17N3O4/c1-3-17-11(16)4-5-12-7-10(15)13-9-6-8(2)18-14-9/h6,12H,3-5,7H2,1-2H3,(H,13,14,15). The summed E-state index contributed by atoms with van der Waals surface area (Å²) in [6.07, 6.45) is 0.240. The fourth-order valence-electron chi connectivity index (χ4n) is 1.24. The molecule has 0 aromatic carbocycles. The van der Waals surface area contributed by atoms with Crippen LogP contribution < -0.4 is 10.6 Å². The van der Waals surface area contributed by atoms with Gasteiger partial charge < -0.3 is 19.9 Å².